The second-order valence-corrected chi connectivity index (χ2v) is 4.15. The minimum atomic E-state index is -0.640. The van der Waals surface area contributed by atoms with E-state index in [0.29, 0.717) is 11.0 Å². The number of hydrogen-bond donors (Lipinski definition) is 1. The molecule has 2 aromatic rings. The molecule has 6 heteroatoms. The largest absolute Gasteiger partial charge is 0.450 e. The lowest BCUT2D eigenvalue weighted by molar-refractivity contribution is 0.168. The van der Waals surface area contributed by atoms with Gasteiger partial charge in [-0.25, -0.2) is 9.78 Å². The highest BCUT2D eigenvalue weighted by Crippen LogP contribution is 2.12. The van der Waals surface area contributed by atoms with Gasteiger partial charge in [-0.1, -0.05) is 0 Å². The number of rotatable bonds is 2. The number of aromatic nitrogens is 2. The van der Waals surface area contributed by atoms with E-state index in [4.69, 9.17) is 4.74 Å². The Hall–Kier alpha value is -2.37. The highest BCUT2D eigenvalue weighted by Gasteiger charge is 2.11. The van der Waals surface area contributed by atoms with Crippen LogP contribution in [0, 0.1) is 6.92 Å². The molecule has 0 saturated heterocycles. The standard InChI is InChI=1S/C13H15N3O3/c1-4-19-13(18)15-10-7-16(3)12-9(11(10)17)6-5-8(2)14-12/h5-7H,4H2,1-3H3,(H,15,18). The highest BCUT2D eigenvalue weighted by molar-refractivity contribution is 5.88. The lowest BCUT2D eigenvalue weighted by Crippen LogP contribution is -2.21. The van der Waals surface area contributed by atoms with E-state index in [1.54, 1.807) is 30.7 Å². The first-order valence-electron chi connectivity index (χ1n) is 5.93. The number of fused-ring (bicyclic) bond motifs is 1. The van der Waals surface area contributed by atoms with Crippen LogP contribution in [0.2, 0.25) is 0 Å². The average Bonchev–Trinajstić information content (AvgIpc) is 2.36. The molecule has 1 amide bonds. The fourth-order valence-electron chi connectivity index (χ4n) is 1.81. The molecule has 100 valence electrons. The monoisotopic (exact) mass is 261 g/mol. The van der Waals surface area contributed by atoms with Crippen LogP contribution in [-0.2, 0) is 11.8 Å². The molecule has 6 nitrogen and oxygen atoms in total. The molecule has 19 heavy (non-hydrogen) atoms. The van der Waals surface area contributed by atoms with E-state index >= 15 is 0 Å². The molecule has 0 fully saturated rings. The predicted molar refractivity (Wildman–Crippen MR) is 72.4 cm³/mol. The van der Waals surface area contributed by atoms with Gasteiger partial charge in [0, 0.05) is 18.9 Å². The van der Waals surface area contributed by atoms with Gasteiger partial charge in [-0.3, -0.25) is 10.1 Å². The Labute approximate surface area is 110 Å². The van der Waals surface area contributed by atoms with Crippen LogP contribution in [0.5, 0.6) is 0 Å². The van der Waals surface area contributed by atoms with E-state index in [1.165, 1.54) is 6.20 Å². The van der Waals surface area contributed by atoms with Gasteiger partial charge in [0.1, 0.15) is 11.3 Å². The normalized spacial score (nSPS) is 10.5. The zero-order valence-corrected chi connectivity index (χ0v) is 11.1. The molecule has 0 aromatic carbocycles. The van der Waals surface area contributed by atoms with Crippen molar-refractivity contribution in [3.05, 3.63) is 34.2 Å². The Morgan fingerprint density at radius 3 is 2.89 bits per heavy atom. The summed E-state index contributed by atoms with van der Waals surface area (Å²) >= 11 is 0. The first-order chi connectivity index (χ1) is 9.02. The van der Waals surface area contributed by atoms with Crippen LogP contribution in [-0.4, -0.2) is 22.3 Å². The van der Waals surface area contributed by atoms with Crippen LogP contribution in [0.1, 0.15) is 12.6 Å². The van der Waals surface area contributed by atoms with Gasteiger partial charge < -0.3 is 9.30 Å². The summed E-state index contributed by atoms with van der Waals surface area (Å²) in [5.41, 5.74) is 1.32. The van der Waals surface area contributed by atoms with Gasteiger partial charge in [0.2, 0.25) is 5.43 Å². The molecule has 2 rings (SSSR count). The fourth-order valence-corrected chi connectivity index (χ4v) is 1.81. The lowest BCUT2D eigenvalue weighted by atomic mass is 10.2. The van der Waals surface area contributed by atoms with Crippen molar-refractivity contribution in [2.24, 2.45) is 7.05 Å². The third-order valence-corrected chi connectivity index (χ3v) is 2.67. The number of hydrogen-bond acceptors (Lipinski definition) is 4. The van der Waals surface area contributed by atoms with E-state index in [9.17, 15) is 9.59 Å². The number of nitrogens with one attached hydrogen (secondary N) is 1. The molecular weight excluding hydrogens is 246 g/mol. The number of nitrogens with zero attached hydrogens (tertiary/aromatic N) is 2. The molecule has 0 spiro atoms. The highest BCUT2D eigenvalue weighted by atomic mass is 16.5. The van der Waals surface area contributed by atoms with Crippen LogP contribution in [0.25, 0.3) is 11.0 Å². The van der Waals surface area contributed by atoms with Crippen LogP contribution in [0.15, 0.2) is 23.1 Å². The number of amides is 1. The summed E-state index contributed by atoms with van der Waals surface area (Å²) in [6.07, 6.45) is 0.896. The number of anilines is 1. The van der Waals surface area contributed by atoms with E-state index in [1.807, 2.05) is 6.92 Å². The lowest BCUT2D eigenvalue weighted by Gasteiger charge is -2.09. The number of aryl methyl sites for hydroxylation is 2. The topological polar surface area (TPSA) is 73.2 Å². The molecule has 0 aliphatic carbocycles. The SMILES string of the molecule is CCOC(=O)Nc1cn(C)c2nc(C)ccc2c1=O. The minimum absolute atomic E-state index is 0.180. The third-order valence-electron chi connectivity index (χ3n) is 2.67. The maximum atomic E-state index is 12.2. The smallest absolute Gasteiger partial charge is 0.411 e. The summed E-state index contributed by atoms with van der Waals surface area (Å²) < 4.78 is 6.46. The summed E-state index contributed by atoms with van der Waals surface area (Å²) in [7, 11) is 1.77. The number of pyridine rings is 2. The summed E-state index contributed by atoms with van der Waals surface area (Å²) in [4.78, 5) is 27.9. The molecule has 0 unspecified atom stereocenters. The zero-order valence-electron chi connectivity index (χ0n) is 11.1. The molecule has 0 aliphatic rings. The molecule has 0 aliphatic heterocycles. The van der Waals surface area contributed by atoms with Crippen molar-refractivity contribution in [1.82, 2.24) is 9.55 Å². The number of carbonyl (C=O) groups is 1. The van der Waals surface area contributed by atoms with Gasteiger partial charge in [-0.2, -0.15) is 0 Å². The molecular formula is C13H15N3O3. The van der Waals surface area contributed by atoms with Crippen molar-refractivity contribution in [1.29, 1.82) is 0 Å². The summed E-state index contributed by atoms with van der Waals surface area (Å²) in [5, 5.41) is 2.90. The quantitative estimate of drug-likeness (QED) is 0.894. The second-order valence-electron chi connectivity index (χ2n) is 4.15. The van der Waals surface area contributed by atoms with Gasteiger partial charge in [0.25, 0.3) is 0 Å². The Balaban J connectivity index is 2.53. The fraction of sp³-hybridized carbons (Fsp3) is 0.308. The van der Waals surface area contributed by atoms with Crippen molar-refractivity contribution < 1.29 is 9.53 Å². The van der Waals surface area contributed by atoms with Crippen LogP contribution in [0.3, 0.4) is 0 Å². The molecule has 2 heterocycles. The van der Waals surface area contributed by atoms with E-state index < -0.39 is 6.09 Å². The van der Waals surface area contributed by atoms with Crippen LogP contribution < -0.4 is 10.7 Å². The van der Waals surface area contributed by atoms with E-state index in [0.717, 1.165) is 5.69 Å². The first kappa shape index (κ1) is 13.1. The molecule has 0 saturated carbocycles. The average molecular weight is 261 g/mol. The third kappa shape index (κ3) is 2.57. The van der Waals surface area contributed by atoms with E-state index in [2.05, 4.69) is 10.3 Å². The predicted octanol–water partition coefficient (Wildman–Crippen LogP) is 1.81. The van der Waals surface area contributed by atoms with Crippen molar-refractivity contribution in [2.45, 2.75) is 13.8 Å². The molecule has 0 bridgehead atoms. The zero-order chi connectivity index (χ0) is 14.0. The Morgan fingerprint density at radius 1 is 1.47 bits per heavy atom. The Morgan fingerprint density at radius 2 is 2.21 bits per heavy atom. The molecule has 2 aromatic heterocycles. The van der Waals surface area contributed by atoms with Gasteiger partial charge in [0.05, 0.1) is 12.0 Å². The number of ether oxygens (including phenoxy) is 1. The molecule has 0 radical (unpaired) electrons. The minimum Gasteiger partial charge on any atom is -0.450 e. The number of carbonyl (C=O) groups excluding carboxylic acids is 1. The van der Waals surface area contributed by atoms with Crippen LogP contribution >= 0.6 is 0 Å². The molecule has 1 N–H and O–H groups in total. The van der Waals surface area contributed by atoms with Crippen molar-refractivity contribution >= 4 is 22.8 Å². The van der Waals surface area contributed by atoms with Crippen LogP contribution in [0.4, 0.5) is 10.5 Å². The van der Waals surface area contributed by atoms with E-state index in [-0.39, 0.29) is 17.7 Å². The van der Waals surface area contributed by atoms with Gasteiger partial charge in [0.15, 0.2) is 0 Å². The maximum absolute atomic E-state index is 12.2. The molecule has 0 atom stereocenters. The summed E-state index contributed by atoms with van der Waals surface area (Å²) in [6.45, 7) is 3.81. The van der Waals surface area contributed by atoms with Crippen molar-refractivity contribution in [2.75, 3.05) is 11.9 Å². The summed E-state index contributed by atoms with van der Waals surface area (Å²) in [6, 6.07) is 3.47. The first-order valence-corrected chi connectivity index (χ1v) is 5.93. The second kappa shape index (κ2) is 5.09. The van der Waals surface area contributed by atoms with Crippen molar-refractivity contribution in [3.8, 4) is 0 Å². The van der Waals surface area contributed by atoms with Gasteiger partial charge in [-0.05, 0) is 26.0 Å². The van der Waals surface area contributed by atoms with Gasteiger partial charge in [-0.15, -0.1) is 0 Å². The Bertz CT molecular complexity index is 691. The summed E-state index contributed by atoms with van der Waals surface area (Å²) in [5.74, 6) is 0. The van der Waals surface area contributed by atoms with Gasteiger partial charge >= 0.3 is 6.09 Å². The maximum Gasteiger partial charge on any atom is 0.411 e. The van der Waals surface area contributed by atoms with Crippen molar-refractivity contribution in [3.63, 3.8) is 0 Å². The Kier molecular flexibility index (Phi) is 3.50.